The van der Waals surface area contributed by atoms with Gasteiger partial charge in [0.2, 0.25) is 5.75 Å². The zero-order chi connectivity index (χ0) is 18.7. The van der Waals surface area contributed by atoms with Crippen molar-refractivity contribution in [3.63, 3.8) is 0 Å². The van der Waals surface area contributed by atoms with Crippen LogP contribution >= 0.6 is 0 Å². The highest BCUT2D eigenvalue weighted by atomic mass is 16.5. The molecule has 0 radical (unpaired) electrons. The number of esters is 1. The fraction of sp³-hybridized carbons (Fsp3) is 0.263. The Bertz CT molecular complexity index is 857. The Morgan fingerprint density at radius 2 is 1.88 bits per heavy atom. The summed E-state index contributed by atoms with van der Waals surface area (Å²) < 4.78 is 21.6. The van der Waals surface area contributed by atoms with E-state index in [1.54, 1.807) is 31.2 Å². The third kappa shape index (κ3) is 3.15. The van der Waals surface area contributed by atoms with Crippen molar-refractivity contribution in [2.45, 2.75) is 13.5 Å². The second kappa shape index (κ2) is 7.35. The number of carboxylic acid groups (broad SMARTS) is 1. The van der Waals surface area contributed by atoms with Gasteiger partial charge >= 0.3 is 11.9 Å². The minimum absolute atomic E-state index is 0.151. The van der Waals surface area contributed by atoms with Gasteiger partial charge in [-0.1, -0.05) is 12.1 Å². The Morgan fingerprint density at radius 3 is 2.58 bits per heavy atom. The molecule has 7 nitrogen and oxygen atoms in total. The van der Waals surface area contributed by atoms with E-state index in [1.807, 2.05) is 6.07 Å². The molecule has 1 aliphatic heterocycles. The zero-order valence-corrected chi connectivity index (χ0v) is 14.4. The lowest BCUT2D eigenvalue weighted by atomic mass is 9.95. The van der Waals surface area contributed by atoms with Gasteiger partial charge in [-0.2, -0.15) is 0 Å². The smallest absolute Gasteiger partial charge is 0.341 e. The first-order valence-electron chi connectivity index (χ1n) is 8.04. The largest absolute Gasteiger partial charge is 0.493 e. The number of aliphatic carboxylic acids is 1. The molecule has 26 heavy (non-hydrogen) atoms. The predicted molar refractivity (Wildman–Crippen MR) is 91.8 cm³/mol. The van der Waals surface area contributed by atoms with Gasteiger partial charge in [0.1, 0.15) is 6.61 Å². The summed E-state index contributed by atoms with van der Waals surface area (Å²) in [5.41, 5.74) is 2.54. The first-order chi connectivity index (χ1) is 12.6. The molecule has 0 fully saturated rings. The summed E-state index contributed by atoms with van der Waals surface area (Å²) in [6.07, 6.45) is 0. The van der Waals surface area contributed by atoms with Crippen molar-refractivity contribution in [1.82, 2.24) is 0 Å². The SMILES string of the molecule is CCOc1c(OC)ccc(-c2cccc3c2COC3=O)c1OCC(=O)O. The molecule has 0 amide bonds. The van der Waals surface area contributed by atoms with Gasteiger partial charge in [0, 0.05) is 11.1 Å². The molecule has 1 heterocycles. The van der Waals surface area contributed by atoms with Crippen molar-refractivity contribution in [3.05, 3.63) is 41.5 Å². The second-order valence-electron chi connectivity index (χ2n) is 5.50. The molecule has 7 heteroatoms. The van der Waals surface area contributed by atoms with Crippen molar-refractivity contribution < 1.29 is 33.6 Å². The molecule has 0 atom stereocenters. The van der Waals surface area contributed by atoms with E-state index in [-0.39, 0.29) is 18.3 Å². The summed E-state index contributed by atoms with van der Waals surface area (Å²) in [5.74, 6) is -0.500. The van der Waals surface area contributed by atoms with Gasteiger partial charge in [-0.05, 0) is 30.7 Å². The Kier molecular flexibility index (Phi) is 4.97. The maximum Gasteiger partial charge on any atom is 0.341 e. The second-order valence-corrected chi connectivity index (χ2v) is 5.50. The number of carbonyl (C=O) groups excluding carboxylic acids is 1. The summed E-state index contributed by atoms with van der Waals surface area (Å²) in [6.45, 7) is 1.76. The fourth-order valence-electron chi connectivity index (χ4n) is 2.88. The van der Waals surface area contributed by atoms with Crippen LogP contribution in [-0.2, 0) is 16.1 Å². The third-order valence-electron chi connectivity index (χ3n) is 3.96. The molecule has 0 spiro atoms. The third-order valence-corrected chi connectivity index (χ3v) is 3.96. The number of benzene rings is 2. The maximum atomic E-state index is 11.8. The number of rotatable bonds is 7. The molecule has 0 aliphatic carbocycles. The van der Waals surface area contributed by atoms with E-state index in [4.69, 9.17) is 24.1 Å². The first kappa shape index (κ1) is 17.6. The normalized spacial score (nSPS) is 12.3. The highest BCUT2D eigenvalue weighted by molar-refractivity contribution is 5.96. The molecular weight excluding hydrogens is 340 g/mol. The average molecular weight is 358 g/mol. The van der Waals surface area contributed by atoms with Crippen LogP contribution in [0.25, 0.3) is 11.1 Å². The quantitative estimate of drug-likeness (QED) is 0.761. The Hall–Kier alpha value is -3.22. The minimum atomic E-state index is -1.11. The lowest BCUT2D eigenvalue weighted by Gasteiger charge is -2.19. The van der Waals surface area contributed by atoms with Crippen LogP contribution in [-0.4, -0.2) is 37.4 Å². The zero-order valence-electron chi connectivity index (χ0n) is 14.4. The van der Waals surface area contributed by atoms with E-state index in [0.29, 0.717) is 29.2 Å². The summed E-state index contributed by atoms with van der Waals surface area (Å²) >= 11 is 0. The molecule has 3 rings (SSSR count). The van der Waals surface area contributed by atoms with Crippen LogP contribution in [0.1, 0.15) is 22.8 Å². The minimum Gasteiger partial charge on any atom is -0.493 e. The van der Waals surface area contributed by atoms with Crippen LogP contribution in [0.2, 0.25) is 0 Å². The van der Waals surface area contributed by atoms with E-state index < -0.39 is 12.6 Å². The average Bonchev–Trinajstić information content (AvgIpc) is 3.02. The number of cyclic esters (lactones) is 1. The molecule has 136 valence electrons. The standard InChI is InChI=1S/C19H18O7/c1-3-24-18-15(23-2)8-7-12(17(18)25-10-16(20)21)11-5-4-6-13-14(11)9-26-19(13)22/h4-8H,3,9-10H2,1-2H3,(H,20,21). The van der Waals surface area contributed by atoms with Gasteiger partial charge < -0.3 is 24.1 Å². The highest BCUT2D eigenvalue weighted by Gasteiger charge is 2.27. The molecular formula is C19H18O7. The lowest BCUT2D eigenvalue weighted by molar-refractivity contribution is -0.139. The monoisotopic (exact) mass is 358 g/mol. The van der Waals surface area contributed by atoms with Crippen molar-refractivity contribution in [2.24, 2.45) is 0 Å². The molecule has 2 aromatic rings. The lowest BCUT2D eigenvalue weighted by Crippen LogP contribution is -2.11. The number of carbonyl (C=O) groups is 2. The number of carboxylic acids is 1. The van der Waals surface area contributed by atoms with Crippen LogP contribution in [0.4, 0.5) is 0 Å². The number of hydrogen-bond acceptors (Lipinski definition) is 6. The van der Waals surface area contributed by atoms with Gasteiger partial charge in [0.15, 0.2) is 18.1 Å². The molecule has 2 aromatic carbocycles. The van der Waals surface area contributed by atoms with E-state index in [9.17, 15) is 9.59 Å². The van der Waals surface area contributed by atoms with Crippen molar-refractivity contribution in [2.75, 3.05) is 20.3 Å². The molecule has 0 unspecified atom stereocenters. The molecule has 0 aromatic heterocycles. The van der Waals surface area contributed by atoms with E-state index in [2.05, 4.69) is 0 Å². The number of fused-ring (bicyclic) bond motifs is 1. The number of ether oxygens (including phenoxy) is 4. The maximum absolute atomic E-state index is 11.8. The topological polar surface area (TPSA) is 91.3 Å². The summed E-state index contributed by atoms with van der Waals surface area (Å²) in [4.78, 5) is 22.9. The summed E-state index contributed by atoms with van der Waals surface area (Å²) in [7, 11) is 1.49. The van der Waals surface area contributed by atoms with Crippen LogP contribution < -0.4 is 14.2 Å². The van der Waals surface area contributed by atoms with Crippen LogP contribution in [0.3, 0.4) is 0 Å². The molecule has 0 bridgehead atoms. The highest BCUT2D eigenvalue weighted by Crippen LogP contribution is 2.46. The Balaban J connectivity index is 2.19. The molecule has 0 saturated heterocycles. The van der Waals surface area contributed by atoms with Gasteiger partial charge in [-0.3, -0.25) is 0 Å². The van der Waals surface area contributed by atoms with Gasteiger partial charge in [-0.25, -0.2) is 9.59 Å². The van der Waals surface area contributed by atoms with Crippen molar-refractivity contribution in [1.29, 1.82) is 0 Å². The van der Waals surface area contributed by atoms with E-state index in [0.717, 1.165) is 11.1 Å². The van der Waals surface area contributed by atoms with Crippen LogP contribution in [0, 0.1) is 0 Å². The summed E-state index contributed by atoms with van der Waals surface area (Å²) in [6, 6.07) is 8.72. The summed E-state index contributed by atoms with van der Waals surface area (Å²) in [5, 5.41) is 9.01. The van der Waals surface area contributed by atoms with Gasteiger partial charge in [0.25, 0.3) is 0 Å². The Morgan fingerprint density at radius 1 is 1.12 bits per heavy atom. The predicted octanol–water partition coefficient (Wildman–Crippen LogP) is 2.89. The van der Waals surface area contributed by atoms with Crippen molar-refractivity contribution in [3.8, 4) is 28.4 Å². The van der Waals surface area contributed by atoms with Gasteiger partial charge in [0.05, 0.1) is 19.3 Å². The Labute approximate surface area is 150 Å². The van der Waals surface area contributed by atoms with Crippen molar-refractivity contribution >= 4 is 11.9 Å². The first-order valence-corrected chi connectivity index (χ1v) is 8.04. The van der Waals surface area contributed by atoms with E-state index >= 15 is 0 Å². The van der Waals surface area contributed by atoms with Crippen LogP contribution in [0.15, 0.2) is 30.3 Å². The van der Waals surface area contributed by atoms with Gasteiger partial charge in [-0.15, -0.1) is 0 Å². The number of hydrogen-bond donors (Lipinski definition) is 1. The van der Waals surface area contributed by atoms with Crippen LogP contribution in [0.5, 0.6) is 17.2 Å². The molecule has 1 N–H and O–H groups in total. The molecule has 1 aliphatic rings. The van der Waals surface area contributed by atoms with E-state index in [1.165, 1.54) is 7.11 Å². The fourth-order valence-corrected chi connectivity index (χ4v) is 2.88. The number of methoxy groups -OCH3 is 1. The molecule has 0 saturated carbocycles.